The standard InChI is InChI=1S/C30H42O12/c1-14-23(36)11-22-26(40-18(5)33)10-21(13-38-16(3)31)24(37)12-25(39-17(4)32)15(2)28(41-19(6)34)29(42-20(7)35)27(14)30(22,8)9/h10,22-26,29,36-37H,11-13H2,1-9H3/b21-10+,28-15?/t22-,23-,24-,25-,26-,29+/m0/s1. The van der Waals surface area contributed by atoms with Gasteiger partial charge in [-0.3, -0.25) is 24.0 Å². The number of esters is 5. The summed E-state index contributed by atoms with van der Waals surface area (Å²) in [7, 11) is 0. The van der Waals surface area contributed by atoms with E-state index >= 15 is 0 Å². The lowest BCUT2D eigenvalue weighted by molar-refractivity contribution is -0.153. The fourth-order valence-corrected chi connectivity index (χ4v) is 5.70. The number of rotatable bonds is 6. The predicted octanol–water partition coefficient (Wildman–Crippen LogP) is 2.60. The lowest BCUT2D eigenvalue weighted by atomic mass is 9.60. The van der Waals surface area contributed by atoms with E-state index in [9.17, 15) is 34.2 Å². The van der Waals surface area contributed by atoms with Crippen molar-refractivity contribution in [3.63, 3.8) is 0 Å². The molecule has 0 aromatic rings. The number of aliphatic hydroxyl groups excluding tert-OH is 2. The fraction of sp³-hybridized carbons (Fsp3) is 0.633. The molecule has 0 fully saturated rings. The third kappa shape index (κ3) is 8.51. The molecule has 2 rings (SSSR count). The van der Waals surface area contributed by atoms with Gasteiger partial charge < -0.3 is 33.9 Å². The van der Waals surface area contributed by atoms with Gasteiger partial charge in [0.2, 0.25) is 0 Å². The average molecular weight is 595 g/mol. The lowest BCUT2D eigenvalue weighted by Gasteiger charge is -2.48. The summed E-state index contributed by atoms with van der Waals surface area (Å²) in [6.45, 7) is 12.3. The normalized spacial score (nSPS) is 29.2. The maximum atomic E-state index is 12.5. The molecular weight excluding hydrogens is 552 g/mol. The van der Waals surface area contributed by atoms with E-state index in [4.69, 9.17) is 23.7 Å². The van der Waals surface area contributed by atoms with Crippen LogP contribution in [-0.2, 0) is 47.7 Å². The number of aliphatic hydroxyl groups is 2. The molecule has 2 bridgehead atoms. The van der Waals surface area contributed by atoms with E-state index in [1.807, 2.05) is 0 Å². The van der Waals surface area contributed by atoms with Crippen LogP contribution in [0.1, 0.15) is 75.2 Å². The summed E-state index contributed by atoms with van der Waals surface area (Å²) in [5.74, 6) is -4.27. The number of hydrogen-bond acceptors (Lipinski definition) is 12. The van der Waals surface area contributed by atoms with E-state index in [1.165, 1.54) is 33.8 Å². The maximum absolute atomic E-state index is 12.5. The van der Waals surface area contributed by atoms with Crippen molar-refractivity contribution in [1.82, 2.24) is 0 Å². The van der Waals surface area contributed by atoms with Crippen molar-refractivity contribution in [2.45, 2.75) is 106 Å². The van der Waals surface area contributed by atoms with Crippen molar-refractivity contribution in [2.24, 2.45) is 11.3 Å². The quantitative estimate of drug-likeness (QED) is 0.262. The molecule has 12 heteroatoms. The minimum absolute atomic E-state index is 0.113. The zero-order valence-corrected chi connectivity index (χ0v) is 25.6. The van der Waals surface area contributed by atoms with Crippen LogP contribution in [0.2, 0.25) is 0 Å². The largest absolute Gasteiger partial charge is 0.461 e. The zero-order valence-electron chi connectivity index (χ0n) is 25.6. The van der Waals surface area contributed by atoms with E-state index < -0.39 is 71.7 Å². The monoisotopic (exact) mass is 594 g/mol. The summed E-state index contributed by atoms with van der Waals surface area (Å²) in [6, 6.07) is 0. The number of ether oxygens (including phenoxy) is 5. The highest BCUT2D eigenvalue weighted by atomic mass is 16.6. The summed E-state index contributed by atoms with van der Waals surface area (Å²) in [4.78, 5) is 61.0. The van der Waals surface area contributed by atoms with Gasteiger partial charge in [0.25, 0.3) is 0 Å². The van der Waals surface area contributed by atoms with Gasteiger partial charge in [-0.05, 0) is 48.5 Å². The first-order valence-electron chi connectivity index (χ1n) is 13.7. The fourth-order valence-electron chi connectivity index (χ4n) is 5.70. The van der Waals surface area contributed by atoms with Crippen LogP contribution in [0.15, 0.2) is 34.1 Å². The molecule has 0 aromatic carbocycles. The highest BCUT2D eigenvalue weighted by Crippen LogP contribution is 2.51. The van der Waals surface area contributed by atoms with Gasteiger partial charge in [-0.15, -0.1) is 0 Å². The summed E-state index contributed by atoms with van der Waals surface area (Å²) in [5.41, 5.74) is 0.172. The van der Waals surface area contributed by atoms with Crippen LogP contribution in [0.5, 0.6) is 0 Å². The SMILES string of the molecule is CC(=O)OC/C1=C\[C@H](OC(C)=O)[C@@H]2C[C@H](O)C(C)=C([C@@H](OC(C)=O)C(OC(C)=O)=C(C)[C@@H](OC(C)=O)C[C@@H]1O)C2(C)C. The Morgan fingerprint density at radius 3 is 1.86 bits per heavy atom. The molecule has 2 aliphatic rings. The molecule has 12 nitrogen and oxygen atoms in total. The first-order valence-corrected chi connectivity index (χ1v) is 13.7. The van der Waals surface area contributed by atoms with Crippen molar-refractivity contribution < 1.29 is 57.9 Å². The van der Waals surface area contributed by atoms with Crippen LogP contribution in [0.25, 0.3) is 0 Å². The topological polar surface area (TPSA) is 172 Å². The van der Waals surface area contributed by atoms with Crippen molar-refractivity contribution >= 4 is 29.8 Å². The smallest absolute Gasteiger partial charge is 0.307 e. The van der Waals surface area contributed by atoms with Gasteiger partial charge in [-0.25, -0.2) is 0 Å². The first-order chi connectivity index (χ1) is 19.4. The molecule has 0 saturated carbocycles. The molecule has 6 atom stereocenters. The van der Waals surface area contributed by atoms with E-state index in [0.29, 0.717) is 11.1 Å². The zero-order chi connectivity index (χ0) is 32.1. The number of hydrogen-bond donors (Lipinski definition) is 2. The number of carbonyl (C=O) groups is 5. The van der Waals surface area contributed by atoms with Crippen LogP contribution in [0.4, 0.5) is 0 Å². The molecule has 0 aromatic heterocycles. The van der Waals surface area contributed by atoms with Crippen molar-refractivity contribution in [1.29, 1.82) is 0 Å². The third-order valence-electron chi connectivity index (χ3n) is 7.63. The van der Waals surface area contributed by atoms with Crippen molar-refractivity contribution in [3.8, 4) is 0 Å². The Labute approximate surface area is 245 Å². The van der Waals surface area contributed by atoms with E-state index in [-0.39, 0.29) is 36.4 Å². The second-order valence-electron chi connectivity index (χ2n) is 11.3. The van der Waals surface area contributed by atoms with Gasteiger partial charge in [0.05, 0.1) is 12.2 Å². The lowest BCUT2D eigenvalue weighted by Crippen LogP contribution is -2.48. The molecule has 0 radical (unpaired) electrons. The van der Waals surface area contributed by atoms with Gasteiger partial charge in [0.1, 0.15) is 18.8 Å². The van der Waals surface area contributed by atoms with E-state index in [1.54, 1.807) is 20.8 Å². The van der Waals surface area contributed by atoms with Crippen molar-refractivity contribution in [3.05, 3.63) is 34.1 Å². The minimum Gasteiger partial charge on any atom is -0.461 e. The molecule has 42 heavy (non-hydrogen) atoms. The maximum Gasteiger partial charge on any atom is 0.307 e. The van der Waals surface area contributed by atoms with Crippen LogP contribution >= 0.6 is 0 Å². The average Bonchev–Trinajstić information content (AvgIpc) is 2.83. The highest BCUT2D eigenvalue weighted by Gasteiger charge is 2.50. The molecule has 0 saturated heterocycles. The van der Waals surface area contributed by atoms with Gasteiger partial charge in [0.15, 0.2) is 11.9 Å². The first kappa shape index (κ1) is 34.7. The number of fused-ring (bicyclic) bond motifs is 2. The Hall–Kier alpha value is -3.51. The van der Waals surface area contributed by atoms with E-state index in [2.05, 4.69) is 0 Å². The summed E-state index contributed by atoms with van der Waals surface area (Å²) in [6.07, 6.45) is -4.79. The Kier molecular flexibility index (Phi) is 11.7. The number of carbonyl (C=O) groups excluding carboxylic acids is 5. The Balaban J connectivity index is 3.06. The molecule has 0 amide bonds. The van der Waals surface area contributed by atoms with E-state index in [0.717, 1.165) is 13.8 Å². The summed E-state index contributed by atoms with van der Waals surface area (Å²) in [5, 5.41) is 22.6. The molecule has 234 valence electrons. The van der Waals surface area contributed by atoms with Gasteiger partial charge in [-0.2, -0.15) is 0 Å². The molecule has 2 N–H and O–H groups in total. The minimum atomic E-state index is -1.40. The van der Waals surface area contributed by atoms with Gasteiger partial charge in [-0.1, -0.05) is 13.8 Å². The van der Waals surface area contributed by atoms with Gasteiger partial charge >= 0.3 is 29.8 Å². The van der Waals surface area contributed by atoms with Crippen LogP contribution in [0, 0.1) is 11.3 Å². The predicted molar refractivity (Wildman–Crippen MR) is 147 cm³/mol. The van der Waals surface area contributed by atoms with Gasteiger partial charge in [0, 0.05) is 52.5 Å². The second-order valence-corrected chi connectivity index (χ2v) is 11.3. The molecular formula is C30H42O12. The molecule has 0 aliphatic heterocycles. The van der Waals surface area contributed by atoms with Crippen LogP contribution < -0.4 is 0 Å². The molecule has 0 spiro atoms. The van der Waals surface area contributed by atoms with Crippen LogP contribution in [-0.4, -0.2) is 77.2 Å². The van der Waals surface area contributed by atoms with Crippen LogP contribution in [0.3, 0.4) is 0 Å². The third-order valence-corrected chi connectivity index (χ3v) is 7.63. The highest BCUT2D eigenvalue weighted by molar-refractivity contribution is 5.70. The Morgan fingerprint density at radius 1 is 0.786 bits per heavy atom. The Morgan fingerprint density at radius 2 is 1.36 bits per heavy atom. The summed E-state index contributed by atoms with van der Waals surface area (Å²) < 4.78 is 27.9. The Bertz CT molecular complexity index is 1190. The second kappa shape index (κ2) is 14.1. The molecule has 2 aliphatic carbocycles. The molecule has 0 heterocycles. The summed E-state index contributed by atoms with van der Waals surface area (Å²) >= 11 is 0. The van der Waals surface area contributed by atoms with Crippen molar-refractivity contribution in [2.75, 3.05) is 6.61 Å². The molecule has 0 unspecified atom stereocenters.